The molecular weight excluding hydrogens is 220 g/mol. The molecule has 2 heterocycles. The lowest BCUT2D eigenvalue weighted by molar-refractivity contribution is 0.0564. The first-order chi connectivity index (χ1) is 8.18. The van der Waals surface area contributed by atoms with Crippen molar-refractivity contribution in [2.75, 3.05) is 31.6 Å². The summed E-state index contributed by atoms with van der Waals surface area (Å²) in [5.74, 6) is 0.733. The lowest BCUT2D eigenvalue weighted by Crippen LogP contribution is -2.43. The first-order valence-electron chi connectivity index (χ1n) is 5.85. The van der Waals surface area contributed by atoms with Gasteiger partial charge in [0.2, 0.25) is 0 Å². The van der Waals surface area contributed by atoms with Crippen molar-refractivity contribution < 1.29 is 9.53 Å². The molecule has 94 valence electrons. The van der Waals surface area contributed by atoms with Crippen LogP contribution >= 0.6 is 0 Å². The molecule has 1 fully saturated rings. The average molecular weight is 238 g/mol. The third kappa shape index (κ3) is 2.76. The highest BCUT2D eigenvalue weighted by Crippen LogP contribution is 2.13. The second-order valence-electron chi connectivity index (χ2n) is 4.28. The molecule has 2 amide bonds. The van der Waals surface area contributed by atoms with E-state index in [0.717, 1.165) is 5.82 Å². The number of hydrogen-bond acceptors (Lipinski definition) is 3. The summed E-state index contributed by atoms with van der Waals surface area (Å²) in [6.07, 6.45) is 1.69. The second-order valence-corrected chi connectivity index (χ2v) is 4.28. The van der Waals surface area contributed by atoms with Crippen LogP contribution in [0.15, 0.2) is 12.3 Å². The third-order valence-electron chi connectivity index (χ3n) is 2.69. The quantitative estimate of drug-likeness (QED) is 0.845. The molecule has 1 aromatic rings. The summed E-state index contributed by atoms with van der Waals surface area (Å²) in [4.78, 5) is 13.7. The van der Waals surface area contributed by atoms with Crippen molar-refractivity contribution in [3.63, 3.8) is 0 Å². The van der Waals surface area contributed by atoms with E-state index in [1.165, 1.54) is 0 Å². The van der Waals surface area contributed by atoms with Gasteiger partial charge < -0.3 is 9.64 Å². The van der Waals surface area contributed by atoms with Crippen LogP contribution < -0.4 is 5.32 Å². The van der Waals surface area contributed by atoms with Crippen LogP contribution in [0, 0.1) is 0 Å². The van der Waals surface area contributed by atoms with Crippen LogP contribution in [0.2, 0.25) is 0 Å². The van der Waals surface area contributed by atoms with Crippen LogP contribution in [0.3, 0.4) is 0 Å². The van der Waals surface area contributed by atoms with Gasteiger partial charge in [0.25, 0.3) is 0 Å². The zero-order valence-corrected chi connectivity index (χ0v) is 10.2. The molecule has 6 heteroatoms. The molecule has 0 unspecified atom stereocenters. The highest BCUT2D eigenvalue weighted by atomic mass is 16.5. The molecular formula is C11H18N4O2. The molecule has 1 aliphatic rings. The Morgan fingerprint density at radius 3 is 2.82 bits per heavy atom. The maximum absolute atomic E-state index is 12.0. The van der Waals surface area contributed by atoms with Crippen molar-refractivity contribution in [2.24, 2.45) is 0 Å². The average Bonchev–Trinajstić information content (AvgIpc) is 2.78. The number of amides is 2. The minimum atomic E-state index is -0.0873. The molecule has 1 N–H and O–H groups in total. The number of hydrogen-bond donors (Lipinski definition) is 1. The zero-order valence-electron chi connectivity index (χ0n) is 10.2. The van der Waals surface area contributed by atoms with Crippen molar-refractivity contribution in [1.82, 2.24) is 14.7 Å². The minimum absolute atomic E-state index is 0.0873. The molecule has 0 atom stereocenters. The summed E-state index contributed by atoms with van der Waals surface area (Å²) in [6, 6.07) is 1.94. The van der Waals surface area contributed by atoms with Crippen molar-refractivity contribution in [3.05, 3.63) is 12.3 Å². The number of urea groups is 1. The molecule has 6 nitrogen and oxygen atoms in total. The highest BCUT2D eigenvalue weighted by molar-refractivity contribution is 5.88. The Balaban J connectivity index is 1.99. The van der Waals surface area contributed by atoms with Crippen LogP contribution in [0.25, 0.3) is 0 Å². The first-order valence-corrected chi connectivity index (χ1v) is 5.85. The lowest BCUT2D eigenvalue weighted by atomic mass is 10.4. The van der Waals surface area contributed by atoms with E-state index in [-0.39, 0.29) is 12.1 Å². The van der Waals surface area contributed by atoms with E-state index in [1.54, 1.807) is 21.8 Å². The van der Waals surface area contributed by atoms with Crippen molar-refractivity contribution in [2.45, 2.75) is 19.9 Å². The van der Waals surface area contributed by atoms with Crippen LogP contribution in [-0.2, 0) is 4.74 Å². The van der Waals surface area contributed by atoms with E-state index in [4.69, 9.17) is 4.74 Å². The molecule has 0 aliphatic carbocycles. The topological polar surface area (TPSA) is 59.4 Å². The molecule has 1 aliphatic heterocycles. The van der Waals surface area contributed by atoms with Gasteiger partial charge in [-0.25, -0.2) is 9.48 Å². The van der Waals surface area contributed by atoms with Gasteiger partial charge in [-0.1, -0.05) is 0 Å². The number of nitrogens with one attached hydrogen (secondary N) is 1. The van der Waals surface area contributed by atoms with Gasteiger partial charge in [-0.3, -0.25) is 5.32 Å². The summed E-state index contributed by atoms with van der Waals surface area (Å²) >= 11 is 0. The Labute approximate surface area is 101 Å². The molecule has 17 heavy (non-hydrogen) atoms. The molecule has 1 saturated heterocycles. The molecule has 0 saturated carbocycles. The molecule has 0 aromatic carbocycles. The van der Waals surface area contributed by atoms with Crippen molar-refractivity contribution in [3.8, 4) is 0 Å². The largest absolute Gasteiger partial charge is 0.378 e. The number of aromatic nitrogens is 2. The summed E-state index contributed by atoms with van der Waals surface area (Å²) < 4.78 is 7.00. The predicted molar refractivity (Wildman–Crippen MR) is 64.0 cm³/mol. The van der Waals surface area contributed by atoms with Gasteiger partial charge in [-0.05, 0) is 13.8 Å². The SMILES string of the molecule is CC(C)n1nccc1NC(=O)N1CCOCC1. The number of ether oxygens (including phenoxy) is 1. The van der Waals surface area contributed by atoms with Crippen LogP contribution in [0.4, 0.5) is 10.6 Å². The van der Waals surface area contributed by atoms with Gasteiger partial charge in [0, 0.05) is 25.2 Å². The zero-order chi connectivity index (χ0) is 12.3. The fourth-order valence-corrected chi connectivity index (χ4v) is 1.78. The van der Waals surface area contributed by atoms with Gasteiger partial charge in [-0.15, -0.1) is 0 Å². The number of nitrogens with zero attached hydrogens (tertiary/aromatic N) is 3. The number of carbonyl (C=O) groups is 1. The normalized spacial score (nSPS) is 16.3. The highest BCUT2D eigenvalue weighted by Gasteiger charge is 2.18. The molecule has 1 aromatic heterocycles. The minimum Gasteiger partial charge on any atom is -0.378 e. The van der Waals surface area contributed by atoms with Crippen molar-refractivity contribution >= 4 is 11.8 Å². The van der Waals surface area contributed by atoms with E-state index in [0.29, 0.717) is 26.3 Å². The Kier molecular flexibility index (Phi) is 3.63. The standard InChI is InChI=1S/C11H18N4O2/c1-9(2)15-10(3-4-12-15)13-11(16)14-5-7-17-8-6-14/h3-4,9H,5-8H2,1-2H3,(H,13,16). The van der Waals surface area contributed by atoms with Gasteiger partial charge >= 0.3 is 6.03 Å². The molecule has 2 rings (SSSR count). The fraction of sp³-hybridized carbons (Fsp3) is 0.636. The van der Waals surface area contributed by atoms with Crippen LogP contribution in [0.5, 0.6) is 0 Å². The van der Waals surface area contributed by atoms with E-state index < -0.39 is 0 Å². The Hall–Kier alpha value is -1.56. The van der Waals surface area contributed by atoms with E-state index >= 15 is 0 Å². The summed E-state index contributed by atoms with van der Waals surface area (Å²) in [7, 11) is 0. The summed E-state index contributed by atoms with van der Waals surface area (Å²) in [5.41, 5.74) is 0. The smallest absolute Gasteiger partial charge is 0.323 e. The van der Waals surface area contributed by atoms with E-state index in [9.17, 15) is 4.79 Å². The molecule has 0 radical (unpaired) electrons. The van der Waals surface area contributed by atoms with Gasteiger partial charge in [0.05, 0.1) is 19.4 Å². The third-order valence-corrected chi connectivity index (χ3v) is 2.69. The van der Waals surface area contributed by atoms with Crippen LogP contribution in [0.1, 0.15) is 19.9 Å². The number of carbonyl (C=O) groups excluding carboxylic acids is 1. The monoisotopic (exact) mass is 238 g/mol. The predicted octanol–water partition coefficient (Wildman–Crippen LogP) is 1.33. The maximum Gasteiger partial charge on any atom is 0.323 e. The van der Waals surface area contributed by atoms with E-state index in [1.807, 2.05) is 13.8 Å². The lowest BCUT2D eigenvalue weighted by Gasteiger charge is -2.27. The van der Waals surface area contributed by atoms with E-state index in [2.05, 4.69) is 10.4 Å². The van der Waals surface area contributed by atoms with Crippen molar-refractivity contribution in [1.29, 1.82) is 0 Å². The Morgan fingerprint density at radius 2 is 2.18 bits per heavy atom. The summed E-state index contributed by atoms with van der Waals surface area (Å²) in [5, 5.41) is 7.05. The maximum atomic E-state index is 12.0. The van der Waals surface area contributed by atoms with Gasteiger partial charge in [0.1, 0.15) is 5.82 Å². The number of rotatable bonds is 2. The molecule has 0 spiro atoms. The summed E-state index contributed by atoms with van der Waals surface area (Å²) in [6.45, 7) is 6.55. The Morgan fingerprint density at radius 1 is 1.47 bits per heavy atom. The number of anilines is 1. The Bertz CT molecular complexity index is 383. The fourth-order valence-electron chi connectivity index (χ4n) is 1.78. The number of morpholine rings is 1. The van der Waals surface area contributed by atoms with Gasteiger partial charge in [0.15, 0.2) is 0 Å². The first kappa shape index (κ1) is 11.9. The molecule has 0 bridgehead atoms. The van der Waals surface area contributed by atoms with Gasteiger partial charge in [-0.2, -0.15) is 5.10 Å². The second kappa shape index (κ2) is 5.18. The van der Waals surface area contributed by atoms with Crippen LogP contribution in [-0.4, -0.2) is 47.0 Å².